The summed E-state index contributed by atoms with van der Waals surface area (Å²) in [4.78, 5) is 0. The van der Waals surface area contributed by atoms with Gasteiger partial charge in [-0.1, -0.05) is 42.0 Å². The van der Waals surface area contributed by atoms with E-state index in [0.29, 0.717) is 0 Å². The third-order valence-corrected chi connectivity index (χ3v) is 2.31. The van der Waals surface area contributed by atoms with Crippen LogP contribution in [0.15, 0.2) is 36.4 Å². The molecule has 1 atom stereocenters. The molecule has 0 spiro atoms. The molecule has 2 rings (SSSR count). The van der Waals surface area contributed by atoms with Crippen molar-refractivity contribution in [3.05, 3.63) is 42.0 Å². The van der Waals surface area contributed by atoms with Gasteiger partial charge in [-0.05, 0) is 31.5 Å². The van der Waals surface area contributed by atoms with E-state index < -0.39 is 0 Å². The lowest BCUT2D eigenvalue weighted by atomic mass is 10.2. The Hall–Kier alpha value is -0.610. The Morgan fingerprint density at radius 2 is 1.85 bits per heavy atom. The molecular weight excluding hydrogens is 175 g/mol. The van der Waals surface area contributed by atoms with E-state index in [4.69, 9.17) is 0 Å². The zero-order valence-corrected chi connectivity index (χ0v) is 9.32. The first-order valence-electron chi connectivity index (χ1n) is 4.76. The van der Waals surface area contributed by atoms with Crippen LogP contribution in [0, 0.1) is 6.92 Å². The molecule has 0 saturated heterocycles. The molecule has 0 aromatic heterocycles. The summed E-state index contributed by atoms with van der Waals surface area (Å²) < 4.78 is 0. The van der Waals surface area contributed by atoms with Crippen LogP contribution in [-0.2, 0) is 0 Å². The molecular formula is C12H17P. The van der Waals surface area contributed by atoms with Crippen LogP contribution in [0.25, 0.3) is 0 Å². The Balaban J connectivity index is 0.000000145. The highest BCUT2D eigenvalue weighted by Gasteiger charge is 1.84. The van der Waals surface area contributed by atoms with E-state index >= 15 is 0 Å². The lowest BCUT2D eigenvalue weighted by molar-refractivity contribution is 0.929. The summed E-state index contributed by atoms with van der Waals surface area (Å²) in [5, 5.41) is 1.25. The molecule has 0 saturated carbocycles. The predicted octanol–water partition coefficient (Wildman–Crippen LogP) is 3.22. The van der Waals surface area contributed by atoms with Gasteiger partial charge in [0.05, 0.1) is 0 Å². The molecule has 0 heterocycles. The summed E-state index contributed by atoms with van der Waals surface area (Å²) >= 11 is 0. The molecule has 0 N–H and O–H groups in total. The van der Waals surface area contributed by atoms with Crippen LogP contribution >= 0.6 is 9.24 Å². The second-order valence-corrected chi connectivity index (χ2v) is 3.98. The van der Waals surface area contributed by atoms with Crippen molar-refractivity contribution < 1.29 is 0 Å². The maximum Gasteiger partial charge on any atom is -0.0300 e. The number of rotatable bonds is 0. The minimum atomic E-state index is 1.25. The van der Waals surface area contributed by atoms with Crippen molar-refractivity contribution in [3.8, 4) is 0 Å². The normalized spacial score (nSPS) is 13.7. The van der Waals surface area contributed by atoms with E-state index in [9.17, 15) is 0 Å². The number of hydrogen-bond acceptors (Lipinski definition) is 0. The third-order valence-electron chi connectivity index (χ3n) is 1.95. The third kappa shape index (κ3) is 4.85. The van der Waals surface area contributed by atoms with Gasteiger partial charge in [0, 0.05) is 0 Å². The van der Waals surface area contributed by atoms with Crippen LogP contribution in [0.5, 0.6) is 0 Å². The molecule has 0 fully saturated rings. The van der Waals surface area contributed by atoms with Crippen molar-refractivity contribution in [1.82, 2.24) is 0 Å². The average molecular weight is 192 g/mol. The number of benzene rings is 1. The van der Waals surface area contributed by atoms with E-state index in [-0.39, 0.29) is 0 Å². The summed E-state index contributed by atoms with van der Waals surface area (Å²) in [6.45, 7) is 2.09. The van der Waals surface area contributed by atoms with Crippen LogP contribution in [0.1, 0.15) is 24.8 Å². The molecule has 0 aliphatic heterocycles. The summed E-state index contributed by atoms with van der Waals surface area (Å²) in [6.07, 6.45) is 8.50. The summed E-state index contributed by atoms with van der Waals surface area (Å²) in [5.41, 5.74) is 1.32. The molecule has 0 amide bonds. The van der Waals surface area contributed by atoms with E-state index in [2.05, 4.69) is 52.6 Å². The summed E-state index contributed by atoms with van der Waals surface area (Å²) in [6, 6.07) is 8.34. The Morgan fingerprint density at radius 3 is 2.15 bits per heavy atom. The second-order valence-electron chi connectivity index (χ2n) is 3.32. The minimum absolute atomic E-state index is 1.25. The Bertz CT molecular complexity index is 253. The fourth-order valence-electron chi connectivity index (χ4n) is 1.26. The fraction of sp³-hybridized carbons (Fsp3) is 0.333. The van der Waals surface area contributed by atoms with E-state index in [1.807, 2.05) is 0 Å². The largest absolute Gasteiger partial charge is 0.106 e. The molecule has 70 valence electrons. The Morgan fingerprint density at radius 1 is 1.15 bits per heavy atom. The van der Waals surface area contributed by atoms with Crippen molar-refractivity contribution in [3.63, 3.8) is 0 Å². The Labute approximate surface area is 83.3 Å². The van der Waals surface area contributed by atoms with E-state index in [1.165, 1.54) is 30.1 Å². The van der Waals surface area contributed by atoms with Gasteiger partial charge in [-0.15, -0.1) is 9.24 Å². The topological polar surface area (TPSA) is 0 Å². The molecule has 1 heteroatoms. The Kier molecular flexibility index (Phi) is 4.78. The van der Waals surface area contributed by atoms with Crippen molar-refractivity contribution >= 4 is 14.5 Å². The van der Waals surface area contributed by atoms with Gasteiger partial charge in [0.15, 0.2) is 0 Å². The maximum absolute atomic E-state index is 2.66. The predicted molar refractivity (Wildman–Crippen MR) is 63.5 cm³/mol. The first-order valence-corrected chi connectivity index (χ1v) is 5.34. The molecule has 1 aliphatic carbocycles. The van der Waals surface area contributed by atoms with Gasteiger partial charge in [0.1, 0.15) is 0 Å². The van der Waals surface area contributed by atoms with Gasteiger partial charge in [-0.3, -0.25) is 0 Å². The number of allylic oxidation sites excluding steroid dienone is 2. The van der Waals surface area contributed by atoms with Gasteiger partial charge in [-0.2, -0.15) is 0 Å². The highest BCUT2D eigenvalue weighted by Crippen LogP contribution is 2.05. The number of aryl methyl sites for hydroxylation is 1. The van der Waals surface area contributed by atoms with Gasteiger partial charge in [0.2, 0.25) is 0 Å². The van der Waals surface area contributed by atoms with Crippen LogP contribution in [0.2, 0.25) is 0 Å². The first-order chi connectivity index (χ1) is 6.29. The molecule has 0 radical (unpaired) electrons. The van der Waals surface area contributed by atoms with Gasteiger partial charge >= 0.3 is 0 Å². The van der Waals surface area contributed by atoms with Crippen molar-refractivity contribution in [2.45, 2.75) is 26.2 Å². The monoisotopic (exact) mass is 192 g/mol. The highest BCUT2D eigenvalue weighted by molar-refractivity contribution is 7.27. The standard InChI is InChI=1S/C7H9P.C5H8/c1-6-3-2-4-7(8)5-6;1-2-4-5-3-1/h2-5H,8H2,1H3;1-2H,3-5H2. The van der Waals surface area contributed by atoms with Crippen molar-refractivity contribution in [1.29, 1.82) is 0 Å². The zero-order chi connectivity index (χ0) is 9.52. The molecule has 0 bridgehead atoms. The quantitative estimate of drug-likeness (QED) is 0.437. The summed E-state index contributed by atoms with van der Waals surface area (Å²) in [5.74, 6) is 0. The zero-order valence-electron chi connectivity index (χ0n) is 8.16. The molecule has 1 unspecified atom stereocenters. The maximum atomic E-state index is 2.66. The molecule has 1 aromatic carbocycles. The average Bonchev–Trinajstić information content (AvgIpc) is 2.59. The second kappa shape index (κ2) is 5.94. The van der Waals surface area contributed by atoms with Crippen LogP contribution < -0.4 is 5.30 Å². The molecule has 1 aromatic rings. The van der Waals surface area contributed by atoms with Gasteiger partial charge in [-0.25, -0.2) is 0 Å². The fourth-order valence-corrected chi connectivity index (χ4v) is 1.63. The molecule has 0 nitrogen and oxygen atoms in total. The minimum Gasteiger partial charge on any atom is -0.106 e. The van der Waals surface area contributed by atoms with Crippen LogP contribution in [0.4, 0.5) is 0 Å². The van der Waals surface area contributed by atoms with E-state index in [1.54, 1.807) is 0 Å². The van der Waals surface area contributed by atoms with Crippen LogP contribution in [-0.4, -0.2) is 0 Å². The van der Waals surface area contributed by atoms with Crippen LogP contribution in [0.3, 0.4) is 0 Å². The SMILES string of the molecule is C1=CCCC1.Cc1cccc(P)c1. The smallest absolute Gasteiger partial charge is 0.0300 e. The van der Waals surface area contributed by atoms with E-state index in [0.717, 1.165) is 0 Å². The first kappa shape index (κ1) is 10.5. The van der Waals surface area contributed by atoms with Crippen molar-refractivity contribution in [2.75, 3.05) is 0 Å². The molecule has 1 aliphatic rings. The van der Waals surface area contributed by atoms with Gasteiger partial charge < -0.3 is 0 Å². The number of hydrogen-bond donors (Lipinski definition) is 0. The lowest BCUT2D eigenvalue weighted by Gasteiger charge is -1.90. The molecule has 13 heavy (non-hydrogen) atoms. The lowest BCUT2D eigenvalue weighted by Crippen LogP contribution is -1.87. The van der Waals surface area contributed by atoms with Crippen molar-refractivity contribution in [2.24, 2.45) is 0 Å². The highest BCUT2D eigenvalue weighted by atomic mass is 31.0. The van der Waals surface area contributed by atoms with Gasteiger partial charge in [0.25, 0.3) is 0 Å². The summed E-state index contributed by atoms with van der Waals surface area (Å²) in [7, 11) is 2.66.